The van der Waals surface area contributed by atoms with E-state index in [0.29, 0.717) is 17.9 Å². The van der Waals surface area contributed by atoms with Crippen molar-refractivity contribution in [3.63, 3.8) is 0 Å². The molecule has 1 aromatic carbocycles. The van der Waals surface area contributed by atoms with Crippen LogP contribution in [0.2, 0.25) is 0 Å². The molecule has 5 N–H and O–H groups in total. The normalized spacial score (nSPS) is 11.6. The number of hydrogen-bond donors (Lipinski definition) is 3. The number of nitrogen functional groups attached to an aromatic ring is 1. The maximum Gasteiger partial charge on any atom is 0.238 e. The van der Waals surface area contributed by atoms with Crippen molar-refractivity contribution >= 4 is 21.4 Å². The molecule has 21 heavy (non-hydrogen) atoms. The average molecular weight is 309 g/mol. The van der Waals surface area contributed by atoms with Crippen molar-refractivity contribution in [2.45, 2.75) is 24.8 Å². The van der Waals surface area contributed by atoms with Crippen molar-refractivity contribution in [2.24, 2.45) is 12.2 Å². The fourth-order valence-electron chi connectivity index (χ4n) is 2.11. The molecule has 0 unspecified atom stereocenters. The van der Waals surface area contributed by atoms with Crippen molar-refractivity contribution in [1.82, 2.24) is 9.78 Å². The van der Waals surface area contributed by atoms with E-state index < -0.39 is 10.0 Å². The molecule has 0 aliphatic heterocycles. The topological polar surface area (TPSA) is 116 Å². The van der Waals surface area contributed by atoms with Crippen LogP contribution >= 0.6 is 0 Å². The fourth-order valence-corrected chi connectivity index (χ4v) is 2.71. The zero-order chi connectivity index (χ0) is 15.6. The number of aryl methyl sites for hydroxylation is 2. The minimum atomic E-state index is -3.78. The van der Waals surface area contributed by atoms with Crippen LogP contribution in [0.3, 0.4) is 0 Å². The van der Waals surface area contributed by atoms with Gasteiger partial charge in [0, 0.05) is 36.7 Å². The number of primary sulfonamides is 1. The lowest BCUT2D eigenvalue weighted by Crippen LogP contribution is -2.13. The van der Waals surface area contributed by atoms with Crippen molar-refractivity contribution in [3.8, 4) is 0 Å². The Kier molecular flexibility index (Phi) is 4.19. The van der Waals surface area contributed by atoms with Crippen LogP contribution in [-0.2, 0) is 30.0 Å². The summed E-state index contributed by atoms with van der Waals surface area (Å²) in [5.41, 5.74) is 8.71. The summed E-state index contributed by atoms with van der Waals surface area (Å²) in [5.74, 6) is 0. The minimum absolute atomic E-state index is 0.00750. The second-order valence-corrected chi connectivity index (χ2v) is 6.38. The largest absolute Gasteiger partial charge is 0.399 e. The molecular formula is C13H19N5O2S. The van der Waals surface area contributed by atoms with E-state index in [0.717, 1.165) is 17.7 Å². The van der Waals surface area contributed by atoms with Gasteiger partial charge in [-0.25, -0.2) is 13.6 Å². The van der Waals surface area contributed by atoms with E-state index in [2.05, 4.69) is 10.4 Å². The van der Waals surface area contributed by atoms with Gasteiger partial charge in [0.1, 0.15) is 0 Å². The monoisotopic (exact) mass is 309 g/mol. The highest BCUT2D eigenvalue weighted by molar-refractivity contribution is 7.89. The number of sulfonamides is 1. The Morgan fingerprint density at radius 1 is 1.33 bits per heavy atom. The van der Waals surface area contributed by atoms with Crippen molar-refractivity contribution in [1.29, 1.82) is 0 Å². The summed E-state index contributed by atoms with van der Waals surface area (Å²) in [6, 6.07) is 4.46. The van der Waals surface area contributed by atoms with Crippen molar-refractivity contribution in [2.75, 3.05) is 11.1 Å². The predicted octanol–water partition coefficient (Wildman–Crippen LogP) is 0.824. The first-order chi connectivity index (χ1) is 9.79. The third-order valence-corrected chi connectivity index (χ3v) is 3.96. The summed E-state index contributed by atoms with van der Waals surface area (Å²) in [6.07, 6.45) is 2.76. The van der Waals surface area contributed by atoms with Crippen LogP contribution in [0.1, 0.15) is 18.2 Å². The maximum absolute atomic E-state index is 11.4. The lowest BCUT2D eigenvalue weighted by Gasteiger charge is -2.09. The van der Waals surface area contributed by atoms with E-state index in [-0.39, 0.29) is 4.90 Å². The summed E-state index contributed by atoms with van der Waals surface area (Å²) >= 11 is 0. The van der Waals surface area contributed by atoms with Crippen LogP contribution in [0.25, 0.3) is 0 Å². The van der Waals surface area contributed by atoms with Crippen LogP contribution in [0.15, 0.2) is 29.3 Å². The molecule has 0 amide bonds. The lowest BCUT2D eigenvalue weighted by molar-refractivity contribution is 0.598. The molecule has 2 rings (SSSR count). The number of nitrogens with two attached hydrogens (primary N) is 2. The van der Waals surface area contributed by atoms with Gasteiger partial charge in [0.25, 0.3) is 0 Å². The average Bonchev–Trinajstić information content (AvgIpc) is 2.75. The third kappa shape index (κ3) is 3.73. The second-order valence-electron chi connectivity index (χ2n) is 4.82. The smallest absolute Gasteiger partial charge is 0.238 e. The van der Waals surface area contributed by atoms with Gasteiger partial charge in [0.2, 0.25) is 10.0 Å². The Morgan fingerprint density at radius 2 is 2.05 bits per heavy atom. The molecule has 114 valence electrons. The van der Waals surface area contributed by atoms with Gasteiger partial charge >= 0.3 is 0 Å². The Bertz CT molecular complexity index is 752. The fraction of sp³-hybridized carbons (Fsp3) is 0.308. The molecule has 0 aliphatic carbocycles. The first kappa shape index (κ1) is 15.3. The van der Waals surface area contributed by atoms with Gasteiger partial charge in [0.05, 0.1) is 10.6 Å². The van der Waals surface area contributed by atoms with Crippen LogP contribution in [0.5, 0.6) is 0 Å². The van der Waals surface area contributed by atoms with Crippen LogP contribution in [-0.4, -0.2) is 18.2 Å². The molecule has 0 saturated heterocycles. The molecule has 1 heterocycles. The number of benzene rings is 1. The SMILES string of the molecule is CCc1nn(C)cc1CNc1cc(N)cc(S(N)(=O)=O)c1. The molecule has 0 bridgehead atoms. The molecule has 7 nitrogen and oxygen atoms in total. The Morgan fingerprint density at radius 3 is 2.67 bits per heavy atom. The zero-order valence-electron chi connectivity index (χ0n) is 12.0. The summed E-state index contributed by atoms with van der Waals surface area (Å²) in [5, 5.41) is 12.6. The van der Waals surface area contributed by atoms with E-state index in [1.807, 2.05) is 20.2 Å². The van der Waals surface area contributed by atoms with E-state index in [9.17, 15) is 8.42 Å². The molecule has 0 atom stereocenters. The van der Waals surface area contributed by atoms with Gasteiger partial charge in [-0.3, -0.25) is 4.68 Å². The van der Waals surface area contributed by atoms with Gasteiger partial charge in [-0.1, -0.05) is 6.92 Å². The van der Waals surface area contributed by atoms with Gasteiger partial charge < -0.3 is 11.1 Å². The first-order valence-corrected chi connectivity index (χ1v) is 8.03. The van der Waals surface area contributed by atoms with E-state index >= 15 is 0 Å². The predicted molar refractivity (Wildman–Crippen MR) is 82.1 cm³/mol. The quantitative estimate of drug-likeness (QED) is 0.707. The number of nitrogens with zero attached hydrogens (tertiary/aromatic N) is 2. The van der Waals surface area contributed by atoms with Crippen molar-refractivity contribution in [3.05, 3.63) is 35.7 Å². The Balaban J connectivity index is 2.22. The molecule has 1 aromatic heterocycles. The molecule has 0 radical (unpaired) electrons. The van der Waals surface area contributed by atoms with Crippen LogP contribution in [0.4, 0.5) is 11.4 Å². The second kappa shape index (κ2) is 5.74. The van der Waals surface area contributed by atoms with Gasteiger partial charge in [-0.2, -0.15) is 5.10 Å². The number of aromatic nitrogens is 2. The Labute approximate surface area is 124 Å². The molecule has 0 saturated carbocycles. The summed E-state index contributed by atoms with van der Waals surface area (Å²) < 4.78 is 24.5. The highest BCUT2D eigenvalue weighted by Crippen LogP contribution is 2.20. The number of hydrogen-bond acceptors (Lipinski definition) is 5. The van der Waals surface area contributed by atoms with Crippen LogP contribution < -0.4 is 16.2 Å². The lowest BCUT2D eigenvalue weighted by atomic mass is 10.2. The first-order valence-electron chi connectivity index (χ1n) is 6.48. The molecular weight excluding hydrogens is 290 g/mol. The van der Waals surface area contributed by atoms with Gasteiger partial charge in [-0.15, -0.1) is 0 Å². The number of nitrogens with one attached hydrogen (secondary N) is 1. The standard InChI is InChI=1S/C13H19N5O2S/c1-3-13-9(8-18(2)17-13)7-16-11-4-10(14)5-12(6-11)21(15,19)20/h4-6,8,16H,3,7,14H2,1-2H3,(H2,15,19,20). The van der Waals surface area contributed by atoms with Gasteiger partial charge in [0.15, 0.2) is 0 Å². The summed E-state index contributed by atoms with van der Waals surface area (Å²) in [4.78, 5) is -0.00750. The molecule has 0 fully saturated rings. The van der Waals surface area contributed by atoms with Crippen LogP contribution in [0, 0.1) is 0 Å². The summed E-state index contributed by atoms with van der Waals surface area (Å²) in [7, 11) is -1.91. The highest BCUT2D eigenvalue weighted by Gasteiger charge is 2.11. The van der Waals surface area contributed by atoms with E-state index in [1.54, 1.807) is 10.7 Å². The van der Waals surface area contributed by atoms with E-state index in [1.165, 1.54) is 12.1 Å². The highest BCUT2D eigenvalue weighted by atomic mass is 32.2. The molecule has 0 spiro atoms. The molecule has 8 heteroatoms. The Hall–Kier alpha value is -2.06. The number of anilines is 2. The zero-order valence-corrected chi connectivity index (χ0v) is 12.8. The third-order valence-electron chi connectivity index (χ3n) is 3.07. The maximum atomic E-state index is 11.4. The van der Waals surface area contributed by atoms with E-state index in [4.69, 9.17) is 10.9 Å². The molecule has 2 aromatic rings. The van der Waals surface area contributed by atoms with Gasteiger partial charge in [-0.05, 0) is 24.6 Å². The van der Waals surface area contributed by atoms with Crippen molar-refractivity contribution < 1.29 is 8.42 Å². The number of rotatable bonds is 5. The summed E-state index contributed by atoms with van der Waals surface area (Å²) in [6.45, 7) is 2.57. The molecule has 0 aliphatic rings. The minimum Gasteiger partial charge on any atom is -0.399 e.